The van der Waals surface area contributed by atoms with Crippen molar-refractivity contribution in [3.63, 3.8) is 0 Å². The maximum atomic E-state index is 14.2. The first-order valence-corrected chi connectivity index (χ1v) is 10.8. The molecule has 2 atom stereocenters. The van der Waals surface area contributed by atoms with E-state index in [0.29, 0.717) is 24.9 Å². The number of guanidine groups is 1. The molecule has 1 aliphatic heterocycles. The molecular formula is C23H29FN8. The number of rotatable bonds is 6. The second-order valence-electron chi connectivity index (χ2n) is 8.05. The lowest BCUT2D eigenvalue weighted by Crippen LogP contribution is -2.45. The second kappa shape index (κ2) is 9.76. The van der Waals surface area contributed by atoms with Crippen LogP contribution in [-0.4, -0.2) is 44.8 Å². The lowest BCUT2D eigenvalue weighted by atomic mass is 10.1. The third kappa shape index (κ3) is 5.04. The molecule has 0 bridgehead atoms. The molecule has 1 aromatic carbocycles. The van der Waals surface area contributed by atoms with Crippen molar-refractivity contribution >= 4 is 11.8 Å². The average Bonchev–Trinajstić information content (AvgIpc) is 3.39. The molecule has 0 spiro atoms. The molecule has 168 valence electrons. The van der Waals surface area contributed by atoms with Gasteiger partial charge in [-0.2, -0.15) is 0 Å². The highest BCUT2D eigenvalue weighted by molar-refractivity contribution is 5.80. The van der Waals surface area contributed by atoms with Crippen molar-refractivity contribution in [2.75, 3.05) is 18.0 Å². The summed E-state index contributed by atoms with van der Waals surface area (Å²) in [6.45, 7) is 5.80. The average molecular weight is 437 g/mol. The Morgan fingerprint density at radius 1 is 1.22 bits per heavy atom. The fraction of sp³-hybridized carbons (Fsp3) is 0.391. The molecule has 0 amide bonds. The molecule has 32 heavy (non-hydrogen) atoms. The summed E-state index contributed by atoms with van der Waals surface area (Å²) >= 11 is 0. The molecule has 2 N–H and O–H groups in total. The van der Waals surface area contributed by atoms with Gasteiger partial charge >= 0.3 is 0 Å². The second-order valence-corrected chi connectivity index (χ2v) is 8.05. The molecule has 1 aliphatic rings. The van der Waals surface area contributed by atoms with Gasteiger partial charge in [0.05, 0.1) is 6.04 Å². The minimum Gasteiger partial charge on any atom is -0.352 e. The van der Waals surface area contributed by atoms with E-state index in [1.807, 2.05) is 41.6 Å². The highest BCUT2D eigenvalue weighted by Crippen LogP contribution is 2.21. The van der Waals surface area contributed by atoms with Crippen LogP contribution in [0.4, 0.5) is 10.2 Å². The summed E-state index contributed by atoms with van der Waals surface area (Å²) in [5.41, 5.74) is 1.17. The Bertz CT molecular complexity index is 1060. The number of nitrogens with one attached hydrogen (secondary N) is 2. The van der Waals surface area contributed by atoms with Crippen molar-refractivity contribution < 1.29 is 4.39 Å². The van der Waals surface area contributed by atoms with Gasteiger partial charge in [-0.25, -0.2) is 14.4 Å². The summed E-state index contributed by atoms with van der Waals surface area (Å²) in [5.74, 6) is 2.43. The van der Waals surface area contributed by atoms with Crippen LogP contribution in [0.25, 0.3) is 0 Å². The maximum Gasteiger partial charge on any atom is 0.192 e. The van der Waals surface area contributed by atoms with Gasteiger partial charge in [0.15, 0.2) is 23.4 Å². The van der Waals surface area contributed by atoms with Crippen LogP contribution >= 0.6 is 0 Å². The van der Waals surface area contributed by atoms with E-state index in [0.717, 1.165) is 24.6 Å². The van der Waals surface area contributed by atoms with Crippen LogP contribution in [0.2, 0.25) is 0 Å². The standard InChI is InChI=1S/C23H29FN8/c1-16(18-8-5-4-6-9-18)27-23(26-14-21-30-29-17(2)31(21)3)28-19-11-13-32(15-19)22-20(24)10-7-12-25-22/h4-10,12,16,19H,11,13-15H2,1-3H3,(H2,26,27,28). The van der Waals surface area contributed by atoms with E-state index in [1.165, 1.54) is 11.6 Å². The largest absolute Gasteiger partial charge is 0.352 e. The van der Waals surface area contributed by atoms with Crippen molar-refractivity contribution in [2.45, 2.75) is 38.9 Å². The Labute approximate surface area is 187 Å². The van der Waals surface area contributed by atoms with Gasteiger partial charge in [-0.15, -0.1) is 10.2 Å². The number of aliphatic imine (C=N–C) groups is 1. The number of anilines is 1. The minimum atomic E-state index is -0.296. The predicted molar refractivity (Wildman–Crippen MR) is 123 cm³/mol. The lowest BCUT2D eigenvalue weighted by molar-refractivity contribution is 0.607. The molecule has 3 aromatic rings. The molecule has 1 fully saturated rings. The van der Waals surface area contributed by atoms with Gasteiger partial charge in [0.1, 0.15) is 12.4 Å². The first-order valence-electron chi connectivity index (χ1n) is 10.8. The van der Waals surface area contributed by atoms with Crippen LogP contribution in [0.1, 0.15) is 36.6 Å². The first-order chi connectivity index (χ1) is 15.5. The van der Waals surface area contributed by atoms with E-state index < -0.39 is 0 Å². The van der Waals surface area contributed by atoms with Gasteiger partial charge in [0.25, 0.3) is 0 Å². The highest BCUT2D eigenvalue weighted by Gasteiger charge is 2.26. The summed E-state index contributed by atoms with van der Waals surface area (Å²) in [7, 11) is 1.93. The van der Waals surface area contributed by atoms with Crippen LogP contribution in [0, 0.1) is 12.7 Å². The van der Waals surface area contributed by atoms with Crippen molar-refractivity contribution in [2.24, 2.45) is 12.0 Å². The number of pyridine rings is 1. The Morgan fingerprint density at radius 3 is 2.75 bits per heavy atom. The Balaban J connectivity index is 1.48. The van der Waals surface area contributed by atoms with Crippen molar-refractivity contribution in [1.82, 2.24) is 30.4 Å². The van der Waals surface area contributed by atoms with E-state index in [2.05, 4.69) is 44.9 Å². The Hall–Kier alpha value is -3.49. The van der Waals surface area contributed by atoms with Gasteiger partial charge in [-0.3, -0.25) is 0 Å². The molecule has 2 aromatic heterocycles. The third-order valence-electron chi connectivity index (χ3n) is 5.78. The van der Waals surface area contributed by atoms with Crippen molar-refractivity contribution in [3.05, 3.63) is 71.7 Å². The number of nitrogens with zero attached hydrogens (tertiary/aromatic N) is 6. The van der Waals surface area contributed by atoms with Crippen molar-refractivity contribution in [3.8, 4) is 0 Å². The van der Waals surface area contributed by atoms with Crippen LogP contribution in [-0.2, 0) is 13.6 Å². The number of hydrogen-bond acceptors (Lipinski definition) is 5. The van der Waals surface area contributed by atoms with Gasteiger partial charge < -0.3 is 20.1 Å². The van der Waals surface area contributed by atoms with Gasteiger partial charge in [-0.05, 0) is 38.0 Å². The number of benzene rings is 1. The normalized spacial score (nSPS) is 17.4. The Morgan fingerprint density at radius 2 is 2.03 bits per heavy atom. The first kappa shape index (κ1) is 21.7. The zero-order chi connectivity index (χ0) is 22.5. The minimum absolute atomic E-state index is 0.0643. The molecule has 0 aliphatic carbocycles. The highest BCUT2D eigenvalue weighted by atomic mass is 19.1. The topological polar surface area (TPSA) is 83.3 Å². The number of aryl methyl sites for hydroxylation is 1. The molecule has 0 saturated carbocycles. The predicted octanol–water partition coefficient (Wildman–Crippen LogP) is 2.73. The fourth-order valence-electron chi connectivity index (χ4n) is 3.78. The molecule has 2 unspecified atom stereocenters. The summed E-state index contributed by atoms with van der Waals surface area (Å²) in [6.07, 6.45) is 2.48. The quantitative estimate of drug-likeness (QED) is 0.457. The monoisotopic (exact) mass is 436 g/mol. The van der Waals surface area contributed by atoms with E-state index in [-0.39, 0.29) is 17.9 Å². The molecule has 8 nitrogen and oxygen atoms in total. The molecule has 3 heterocycles. The van der Waals surface area contributed by atoms with Crippen LogP contribution in [0.15, 0.2) is 53.7 Å². The van der Waals surface area contributed by atoms with E-state index in [9.17, 15) is 4.39 Å². The zero-order valence-electron chi connectivity index (χ0n) is 18.7. The van der Waals surface area contributed by atoms with Crippen LogP contribution < -0.4 is 15.5 Å². The number of hydrogen-bond donors (Lipinski definition) is 2. The number of halogens is 1. The SMILES string of the molecule is Cc1nnc(CN=C(NC2CCN(c3ncccc3F)C2)NC(C)c2ccccc2)n1C. The zero-order valence-corrected chi connectivity index (χ0v) is 18.7. The smallest absolute Gasteiger partial charge is 0.192 e. The number of aromatic nitrogens is 4. The Kier molecular flexibility index (Phi) is 6.63. The summed E-state index contributed by atoms with van der Waals surface area (Å²) < 4.78 is 16.1. The lowest BCUT2D eigenvalue weighted by Gasteiger charge is -2.22. The summed E-state index contributed by atoms with van der Waals surface area (Å²) in [6, 6.07) is 13.5. The summed E-state index contributed by atoms with van der Waals surface area (Å²) in [5, 5.41) is 15.3. The molecule has 1 saturated heterocycles. The maximum absolute atomic E-state index is 14.2. The van der Waals surface area contributed by atoms with Crippen LogP contribution in [0.5, 0.6) is 0 Å². The molecular weight excluding hydrogens is 407 g/mol. The van der Waals surface area contributed by atoms with E-state index in [1.54, 1.807) is 12.3 Å². The summed E-state index contributed by atoms with van der Waals surface area (Å²) in [4.78, 5) is 11.0. The fourth-order valence-corrected chi connectivity index (χ4v) is 3.78. The van der Waals surface area contributed by atoms with E-state index in [4.69, 9.17) is 4.99 Å². The van der Waals surface area contributed by atoms with Crippen LogP contribution in [0.3, 0.4) is 0 Å². The van der Waals surface area contributed by atoms with Gasteiger partial charge in [0, 0.05) is 32.4 Å². The van der Waals surface area contributed by atoms with E-state index >= 15 is 0 Å². The third-order valence-corrected chi connectivity index (χ3v) is 5.78. The molecule has 4 rings (SSSR count). The molecule has 9 heteroatoms. The van der Waals surface area contributed by atoms with Gasteiger partial charge in [-0.1, -0.05) is 30.3 Å². The van der Waals surface area contributed by atoms with Crippen molar-refractivity contribution in [1.29, 1.82) is 0 Å². The van der Waals surface area contributed by atoms with Gasteiger partial charge in [0.2, 0.25) is 0 Å². The molecule has 0 radical (unpaired) electrons.